The molecule has 0 bridgehead atoms. The molecule has 6 heterocycles. The van der Waals surface area contributed by atoms with Crippen molar-refractivity contribution in [3.05, 3.63) is 273 Å². The van der Waals surface area contributed by atoms with Crippen molar-refractivity contribution in [2.45, 2.75) is 6.92 Å². The molecule has 0 aliphatic heterocycles. The maximum atomic E-state index is 7.35. The smallest absolute Gasteiger partial charge is 0.160 e. The van der Waals surface area contributed by atoms with Gasteiger partial charge in [-0.1, -0.05) is 213 Å². The standard InChI is InChI=1S/C79H49N3O4/c1-3-24-67-49(4-2)55-34-22-40-63(76(55)83-67)80(61-38-16-11-29-50(61)47-25-7-5-8-26-47)65-45-59-53-32-14-19-43-69(53)85-78(59)74-71(65)57-36-21-37-58-72-66(46-60-54-33-15-20-44-70(54)86-79(60)75(72)82(74)73(57)58)81(62-39-17-12-30-51(62)48-27-9-6-10-28-48)64-41-23-35-56-52-31-13-18-42-68(52)84-77(56)64/h3-46H,2H2,1H3/b24-3-. The van der Waals surface area contributed by atoms with Crippen LogP contribution in [0, 0.1) is 0 Å². The van der Waals surface area contributed by atoms with Gasteiger partial charge in [0, 0.05) is 75.9 Å². The fourth-order valence-electron chi connectivity index (χ4n) is 14.0. The number of allylic oxidation sites excluding steroid dienone is 1. The van der Waals surface area contributed by atoms with Crippen LogP contribution < -0.4 is 9.80 Å². The summed E-state index contributed by atoms with van der Waals surface area (Å²) in [4.78, 5) is 4.86. The largest absolute Gasteiger partial charge is 0.454 e. The molecule has 0 unspecified atom stereocenters. The van der Waals surface area contributed by atoms with Gasteiger partial charge < -0.3 is 31.9 Å². The number of aromatic nitrogens is 1. The van der Waals surface area contributed by atoms with Gasteiger partial charge >= 0.3 is 0 Å². The third-order valence-electron chi connectivity index (χ3n) is 17.6. The molecule has 6 aromatic heterocycles. The monoisotopic (exact) mass is 1100 g/mol. The average Bonchev–Trinajstić information content (AvgIpc) is 1.54. The molecule has 0 spiro atoms. The first-order chi connectivity index (χ1) is 42.6. The zero-order chi connectivity index (χ0) is 56.7. The van der Waals surface area contributed by atoms with E-state index in [4.69, 9.17) is 17.7 Å². The Bertz CT molecular complexity index is 5830. The van der Waals surface area contributed by atoms with Crippen LogP contribution in [0.15, 0.2) is 279 Å². The van der Waals surface area contributed by atoms with Crippen LogP contribution >= 0.6 is 0 Å². The van der Waals surface area contributed by atoms with Gasteiger partial charge in [-0.2, -0.15) is 0 Å². The Hall–Kier alpha value is -11.5. The molecule has 12 aromatic carbocycles. The van der Waals surface area contributed by atoms with E-state index in [0.717, 1.165) is 183 Å². The molecular formula is C79H49N3O4. The van der Waals surface area contributed by atoms with Crippen molar-refractivity contribution < 1.29 is 17.7 Å². The lowest BCUT2D eigenvalue weighted by Crippen LogP contribution is -2.12. The van der Waals surface area contributed by atoms with Gasteiger partial charge in [0.25, 0.3) is 0 Å². The Labute approximate surface area is 492 Å². The highest BCUT2D eigenvalue weighted by atomic mass is 16.3. The number of benzene rings is 12. The fourth-order valence-corrected chi connectivity index (χ4v) is 14.0. The van der Waals surface area contributed by atoms with E-state index in [1.165, 1.54) is 0 Å². The topological polar surface area (TPSA) is 63.5 Å². The van der Waals surface area contributed by atoms with Crippen LogP contribution in [0.1, 0.15) is 18.2 Å². The highest BCUT2D eigenvalue weighted by molar-refractivity contribution is 6.36. The van der Waals surface area contributed by atoms with Crippen LogP contribution in [-0.4, -0.2) is 4.40 Å². The number of anilines is 6. The van der Waals surface area contributed by atoms with E-state index in [0.29, 0.717) is 0 Å². The van der Waals surface area contributed by atoms with Gasteiger partial charge in [-0.05, 0) is 78.7 Å². The lowest BCUT2D eigenvalue weighted by Gasteiger charge is -2.29. The number of nitrogens with zero attached hydrogens (tertiary/aromatic N) is 3. The van der Waals surface area contributed by atoms with E-state index in [1.54, 1.807) is 0 Å². The van der Waals surface area contributed by atoms with E-state index in [2.05, 4.69) is 263 Å². The third-order valence-corrected chi connectivity index (χ3v) is 17.6. The number of rotatable bonds is 10. The zero-order valence-corrected chi connectivity index (χ0v) is 46.6. The molecule has 0 aliphatic rings. The van der Waals surface area contributed by atoms with E-state index < -0.39 is 0 Å². The summed E-state index contributed by atoms with van der Waals surface area (Å²) in [6.45, 7) is 6.31. The fraction of sp³-hybridized carbons (Fsp3) is 0.0127. The molecular weight excluding hydrogens is 1050 g/mol. The number of hydrogen-bond donors (Lipinski definition) is 0. The normalized spacial score (nSPS) is 12.2. The quantitative estimate of drug-likeness (QED) is 0.136. The van der Waals surface area contributed by atoms with E-state index >= 15 is 0 Å². The maximum Gasteiger partial charge on any atom is 0.160 e. The van der Waals surface area contributed by atoms with Crippen molar-refractivity contribution in [2.24, 2.45) is 0 Å². The molecule has 0 radical (unpaired) electrons. The summed E-state index contributed by atoms with van der Waals surface area (Å²) >= 11 is 0. The number of hydrogen-bond acceptors (Lipinski definition) is 6. The molecule has 18 aromatic rings. The van der Waals surface area contributed by atoms with Crippen LogP contribution in [0.5, 0.6) is 0 Å². The van der Waals surface area contributed by atoms with Crippen LogP contribution in [0.4, 0.5) is 34.1 Å². The predicted octanol–water partition coefficient (Wildman–Crippen LogP) is 23.2. The van der Waals surface area contributed by atoms with Crippen molar-refractivity contribution in [1.82, 2.24) is 4.40 Å². The summed E-state index contributed by atoms with van der Waals surface area (Å²) in [5.74, 6) is 0.748. The SMILES string of the molecule is C=Cc1c(/C=C\C)oc2c(N(c3ccccc3-c3ccccc3)c3cc4c5ccccc5oc4c4c3c3cccc5c6c(N(c7ccccc7-c7ccccc7)c7cccc8c7oc7ccccc78)cc7c8ccccc8oc7c6n4c35)cccc12. The van der Waals surface area contributed by atoms with Gasteiger partial charge in [0.05, 0.1) is 39.6 Å². The highest BCUT2D eigenvalue weighted by Crippen LogP contribution is 2.57. The van der Waals surface area contributed by atoms with Crippen molar-refractivity contribution in [3.63, 3.8) is 0 Å². The van der Waals surface area contributed by atoms with E-state index in [1.807, 2.05) is 31.2 Å². The van der Waals surface area contributed by atoms with Crippen LogP contribution in [0.3, 0.4) is 0 Å². The van der Waals surface area contributed by atoms with Crippen molar-refractivity contribution in [2.75, 3.05) is 9.80 Å². The third kappa shape index (κ3) is 6.73. The minimum atomic E-state index is 0.745. The Morgan fingerprint density at radius 3 is 1.24 bits per heavy atom. The van der Waals surface area contributed by atoms with Crippen molar-refractivity contribution in [3.8, 4) is 22.3 Å². The van der Waals surface area contributed by atoms with Crippen LogP contribution in [0.25, 0.3) is 149 Å². The minimum absolute atomic E-state index is 0.745. The lowest BCUT2D eigenvalue weighted by atomic mass is 9.98. The number of para-hydroxylation sites is 8. The van der Waals surface area contributed by atoms with Crippen molar-refractivity contribution >= 4 is 161 Å². The zero-order valence-electron chi connectivity index (χ0n) is 46.6. The Morgan fingerprint density at radius 2 is 0.733 bits per heavy atom. The summed E-state index contributed by atoms with van der Waals surface area (Å²) in [5.41, 5.74) is 19.3. The molecule has 18 rings (SSSR count). The predicted molar refractivity (Wildman–Crippen MR) is 358 cm³/mol. The molecule has 0 atom stereocenters. The van der Waals surface area contributed by atoms with Crippen LogP contribution in [-0.2, 0) is 0 Å². The summed E-state index contributed by atoms with van der Waals surface area (Å²) in [7, 11) is 0. The van der Waals surface area contributed by atoms with Gasteiger partial charge in [-0.15, -0.1) is 0 Å². The first-order valence-electron chi connectivity index (χ1n) is 29.1. The van der Waals surface area contributed by atoms with E-state index in [-0.39, 0.29) is 0 Å². The number of furan rings is 4. The molecule has 7 nitrogen and oxygen atoms in total. The maximum absolute atomic E-state index is 7.35. The first-order valence-corrected chi connectivity index (χ1v) is 29.1. The Morgan fingerprint density at radius 1 is 0.337 bits per heavy atom. The Balaban J connectivity index is 1.05. The number of fused-ring (bicyclic) bond motifs is 18. The summed E-state index contributed by atoms with van der Waals surface area (Å²) in [6, 6.07) is 88.4. The molecule has 0 amide bonds. The molecule has 86 heavy (non-hydrogen) atoms. The minimum Gasteiger partial charge on any atom is -0.454 e. The molecule has 0 fully saturated rings. The van der Waals surface area contributed by atoms with Crippen molar-refractivity contribution in [1.29, 1.82) is 0 Å². The summed E-state index contributed by atoms with van der Waals surface area (Å²) < 4.78 is 31.3. The molecule has 404 valence electrons. The molecule has 0 aliphatic carbocycles. The second kappa shape index (κ2) is 18.5. The lowest BCUT2D eigenvalue weighted by molar-refractivity contribution is 0.603. The molecule has 0 saturated carbocycles. The summed E-state index contributed by atoms with van der Waals surface area (Å²) in [6.07, 6.45) is 5.94. The second-order valence-electron chi connectivity index (χ2n) is 22.2. The van der Waals surface area contributed by atoms with Gasteiger partial charge in [0.15, 0.2) is 22.3 Å². The highest BCUT2D eigenvalue weighted by Gasteiger charge is 2.34. The van der Waals surface area contributed by atoms with Gasteiger partial charge in [-0.3, -0.25) is 0 Å². The Kier molecular flexibility index (Phi) is 10.3. The summed E-state index contributed by atoms with van der Waals surface area (Å²) in [5, 5.41) is 11.2. The van der Waals surface area contributed by atoms with Gasteiger partial charge in [-0.25, -0.2) is 0 Å². The van der Waals surface area contributed by atoms with Gasteiger partial charge in [0.1, 0.15) is 33.5 Å². The van der Waals surface area contributed by atoms with E-state index in [9.17, 15) is 0 Å². The first kappa shape index (κ1) is 48.0. The van der Waals surface area contributed by atoms with Gasteiger partial charge in [0.2, 0.25) is 0 Å². The molecule has 0 N–H and O–H groups in total. The van der Waals surface area contributed by atoms with Crippen LogP contribution in [0.2, 0.25) is 0 Å². The average molecular weight is 1100 g/mol. The second-order valence-corrected chi connectivity index (χ2v) is 22.2. The molecule has 7 heteroatoms. The molecule has 0 saturated heterocycles.